The van der Waals surface area contributed by atoms with Crippen molar-refractivity contribution in [2.24, 2.45) is 0 Å². The van der Waals surface area contributed by atoms with Crippen LogP contribution < -0.4 is 4.90 Å². The van der Waals surface area contributed by atoms with E-state index >= 15 is 0 Å². The molecule has 1 aliphatic rings. The van der Waals surface area contributed by atoms with Gasteiger partial charge in [-0.2, -0.15) is 0 Å². The van der Waals surface area contributed by atoms with E-state index in [1.54, 1.807) is 11.8 Å². The average molecular weight is 308 g/mol. The van der Waals surface area contributed by atoms with Crippen molar-refractivity contribution in [1.29, 1.82) is 0 Å². The van der Waals surface area contributed by atoms with Gasteiger partial charge in [0.15, 0.2) is 0 Å². The second-order valence-corrected chi connectivity index (χ2v) is 6.84. The van der Waals surface area contributed by atoms with Crippen molar-refractivity contribution in [3.63, 3.8) is 0 Å². The van der Waals surface area contributed by atoms with Crippen LogP contribution in [0.4, 0.5) is 5.69 Å². The van der Waals surface area contributed by atoms with Crippen LogP contribution in [0.5, 0.6) is 0 Å². The first-order chi connectivity index (χ1) is 10.0. The summed E-state index contributed by atoms with van der Waals surface area (Å²) in [4.78, 5) is 17.1. The number of rotatable bonds is 5. The van der Waals surface area contributed by atoms with E-state index in [0.29, 0.717) is 11.6 Å². The molecule has 116 valence electrons. The molecule has 0 atom stereocenters. The number of carbonyl (C=O) groups is 1. The lowest BCUT2D eigenvalue weighted by molar-refractivity contribution is 0.0693. The highest BCUT2D eigenvalue weighted by molar-refractivity contribution is 7.99. The predicted octanol–water partition coefficient (Wildman–Crippen LogP) is 3.03. The number of nitrogens with zero attached hydrogens (tertiary/aromatic N) is 2. The van der Waals surface area contributed by atoms with Gasteiger partial charge in [0.25, 0.3) is 0 Å². The fraction of sp³-hybridized carbons (Fsp3) is 0.562. The van der Waals surface area contributed by atoms with Crippen molar-refractivity contribution in [2.45, 2.75) is 30.7 Å². The van der Waals surface area contributed by atoms with E-state index in [0.717, 1.165) is 42.3 Å². The Bertz CT molecular complexity index is 499. The third-order valence-corrected chi connectivity index (χ3v) is 5.07. The molecule has 0 aliphatic carbocycles. The molecule has 0 aromatic heterocycles. The minimum atomic E-state index is -0.832. The molecule has 5 heteroatoms. The fourth-order valence-corrected chi connectivity index (χ4v) is 3.71. The van der Waals surface area contributed by atoms with E-state index in [2.05, 4.69) is 16.8 Å². The van der Waals surface area contributed by atoms with Gasteiger partial charge in [-0.3, -0.25) is 0 Å². The van der Waals surface area contributed by atoms with E-state index < -0.39 is 5.97 Å². The summed E-state index contributed by atoms with van der Waals surface area (Å²) in [6.45, 7) is 4.19. The zero-order valence-corrected chi connectivity index (χ0v) is 13.8. The lowest BCUT2D eigenvalue weighted by Gasteiger charge is -2.37. The Morgan fingerprint density at radius 2 is 2.10 bits per heavy atom. The maximum absolute atomic E-state index is 11.7. The number of carboxylic acid groups (broad SMARTS) is 1. The van der Waals surface area contributed by atoms with E-state index in [1.807, 2.05) is 32.2 Å². The quantitative estimate of drug-likeness (QED) is 0.847. The van der Waals surface area contributed by atoms with Gasteiger partial charge < -0.3 is 14.9 Å². The predicted molar refractivity (Wildman–Crippen MR) is 88.7 cm³/mol. The highest BCUT2D eigenvalue weighted by Gasteiger charge is 2.25. The Kier molecular flexibility index (Phi) is 5.53. The Hall–Kier alpha value is -1.20. The molecule has 1 N–H and O–H groups in total. The number of anilines is 1. The van der Waals surface area contributed by atoms with Gasteiger partial charge in [-0.1, -0.05) is 13.0 Å². The molecule has 1 heterocycles. The van der Waals surface area contributed by atoms with Crippen LogP contribution in [0.2, 0.25) is 0 Å². The highest BCUT2D eigenvalue weighted by atomic mass is 32.2. The number of hydrogen-bond donors (Lipinski definition) is 1. The van der Waals surface area contributed by atoms with Crippen molar-refractivity contribution in [1.82, 2.24) is 4.90 Å². The summed E-state index contributed by atoms with van der Waals surface area (Å²) in [5, 5.41) is 9.61. The van der Waals surface area contributed by atoms with Crippen LogP contribution >= 0.6 is 11.8 Å². The molecule has 0 spiro atoms. The maximum Gasteiger partial charge on any atom is 0.338 e. The van der Waals surface area contributed by atoms with E-state index in [4.69, 9.17) is 0 Å². The number of piperidine rings is 1. The van der Waals surface area contributed by atoms with Crippen LogP contribution in [-0.4, -0.2) is 55.0 Å². The topological polar surface area (TPSA) is 43.8 Å². The highest BCUT2D eigenvalue weighted by Crippen LogP contribution is 2.32. The molecule has 0 unspecified atom stereocenters. The monoisotopic (exact) mass is 308 g/mol. The zero-order chi connectivity index (χ0) is 15.4. The van der Waals surface area contributed by atoms with Gasteiger partial charge in [-0.25, -0.2) is 4.79 Å². The minimum absolute atomic E-state index is 0.418. The molecular weight excluding hydrogens is 284 g/mol. The van der Waals surface area contributed by atoms with Gasteiger partial charge in [-0.05, 0) is 50.9 Å². The second-order valence-electron chi connectivity index (χ2n) is 5.53. The SMILES string of the molecule is CCSc1cccc(N(C)C2CCN(C)CC2)c1C(=O)O. The number of carboxylic acids is 1. The molecule has 1 aromatic carbocycles. The van der Waals surface area contributed by atoms with Gasteiger partial charge in [-0.15, -0.1) is 11.8 Å². The van der Waals surface area contributed by atoms with Crippen molar-refractivity contribution >= 4 is 23.4 Å². The average Bonchev–Trinajstić information content (AvgIpc) is 2.47. The lowest BCUT2D eigenvalue weighted by atomic mass is 10.0. The molecule has 0 bridgehead atoms. The molecule has 1 fully saturated rings. The number of benzene rings is 1. The van der Waals surface area contributed by atoms with Crippen molar-refractivity contribution < 1.29 is 9.90 Å². The maximum atomic E-state index is 11.7. The molecule has 1 saturated heterocycles. The summed E-state index contributed by atoms with van der Waals surface area (Å²) in [5.74, 6) is 0.0446. The third-order valence-electron chi connectivity index (χ3n) is 4.13. The Morgan fingerprint density at radius 1 is 1.43 bits per heavy atom. The lowest BCUT2D eigenvalue weighted by Crippen LogP contribution is -2.42. The van der Waals surface area contributed by atoms with Gasteiger partial charge in [0, 0.05) is 18.0 Å². The molecular formula is C16H24N2O2S. The van der Waals surface area contributed by atoms with Gasteiger partial charge in [0.05, 0.1) is 11.3 Å². The minimum Gasteiger partial charge on any atom is -0.478 e. The van der Waals surface area contributed by atoms with Crippen molar-refractivity contribution in [3.05, 3.63) is 23.8 Å². The first kappa shape index (κ1) is 16.2. The molecule has 2 rings (SSSR count). The normalized spacial score (nSPS) is 16.9. The molecule has 0 amide bonds. The molecule has 0 saturated carbocycles. The summed E-state index contributed by atoms with van der Waals surface area (Å²) in [6, 6.07) is 6.22. The number of aromatic carboxylic acids is 1. The molecule has 1 aliphatic heterocycles. The summed E-state index contributed by atoms with van der Waals surface area (Å²) in [6.07, 6.45) is 2.16. The number of likely N-dealkylation sites (tertiary alicyclic amines) is 1. The van der Waals surface area contributed by atoms with Crippen LogP contribution in [0.25, 0.3) is 0 Å². The van der Waals surface area contributed by atoms with E-state index in [-0.39, 0.29) is 0 Å². The molecule has 1 aromatic rings. The molecule has 4 nitrogen and oxygen atoms in total. The summed E-state index contributed by atoms with van der Waals surface area (Å²) >= 11 is 1.59. The van der Waals surface area contributed by atoms with Crippen LogP contribution in [0.15, 0.2) is 23.1 Å². The Balaban J connectivity index is 2.29. The largest absolute Gasteiger partial charge is 0.478 e. The summed E-state index contributed by atoms with van der Waals surface area (Å²) in [5.41, 5.74) is 1.29. The van der Waals surface area contributed by atoms with Crippen LogP contribution in [0, 0.1) is 0 Å². The summed E-state index contributed by atoms with van der Waals surface area (Å²) < 4.78 is 0. The van der Waals surface area contributed by atoms with Gasteiger partial charge in [0.2, 0.25) is 0 Å². The van der Waals surface area contributed by atoms with Crippen molar-refractivity contribution in [3.8, 4) is 0 Å². The fourth-order valence-electron chi connectivity index (χ4n) is 2.88. The first-order valence-electron chi connectivity index (χ1n) is 7.45. The van der Waals surface area contributed by atoms with Gasteiger partial charge in [0.1, 0.15) is 0 Å². The second kappa shape index (κ2) is 7.18. The molecule has 21 heavy (non-hydrogen) atoms. The van der Waals surface area contributed by atoms with Crippen molar-refractivity contribution in [2.75, 3.05) is 37.8 Å². The van der Waals surface area contributed by atoms with E-state index in [1.165, 1.54) is 0 Å². The standard InChI is InChI=1S/C16H24N2O2S/c1-4-21-14-7-5-6-13(15(14)16(19)20)18(3)12-8-10-17(2)11-9-12/h5-7,12H,4,8-11H2,1-3H3,(H,19,20). The van der Waals surface area contributed by atoms with E-state index in [9.17, 15) is 9.90 Å². The third kappa shape index (κ3) is 3.71. The van der Waals surface area contributed by atoms with Crippen LogP contribution in [0.1, 0.15) is 30.1 Å². The van der Waals surface area contributed by atoms with Crippen LogP contribution in [0.3, 0.4) is 0 Å². The van der Waals surface area contributed by atoms with Gasteiger partial charge >= 0.3 is 5.97 Å². The Morgan fingerprint density at radius 3 is 2.67 bits per heavy atom. The zero-order valence-electron chi connectivity index (χ0n) is 13.0. The first-order valence-corrected chi connectivity index (χ1v) is 8.43. The summed E-state index contributed by atoms with van der Waals surface area (Å²) in [7, 11) is 4.16. The Labute approximate surface area is 131 Å². The number of thioether (sulfide) groups is 1. The number of hydrogen-bond acceptors (Lipinski definition) is 4. The molecule has 0 radical (unpaired) electrons. The van der Waals surface area contributed by atoms with Crippen LogP contribution in [-0.2, 0) is 0 Å². The smallest absolute Gasteiger partial charge is 0.338 e.